The lowest BCUT2D eigenvalue weighted by Crippen LogP contribution is -2.11. The van der Waals surface area contributed by atoms with Gasteiger partial charge in [-0.15, -0.1) is 0 Å². The molecular weight excluding hydrogens is 216 g/mol. The van der Waals surface area contributed by atoms with Crippen molar-refractivity contribution in [1.29, 1.82) is 0 Å². The Kier molecular flexibility index (Phi) is 2.48. The van der Waals surface area contributed by atoms with Crippen molar-refractivity contribution in [2.24, 2.45) is 0 Å². The molecule has 0 fully saturated rings. The Morgan fingerprint density at radius 1 is 1.47 bits per heavy atom. The van der Waals surface area contributed by atoms with E-state index in [9.17, 15) is 0 Å². The van der Waals surface area contributed by atoms with Gasteiger partial charge in [0.1, 0.15) is 11.5 Å². The van der Waals surface area contributed by atoms with Crippen molar-refractivity contribution < 1.29 is 4.74 Å². The van der Waals surface area contributed by atoms with Gasteiger partial charge < -0.3 is 4.74 Å². The van der Waals surface area contributed by atoms with Crippen LogP contribution in [0.25, 0.3) is 5.78 Å². The van der Waals surface area contributed by atoms with Gasteiger partial charge in [-0.25, -0.2) is 0 Å². The second kappa shape index (κ2) is 3.66. The lowest BCUT2D eigenvalue weighted by Gasteiger charge is -2.13. The number of fused-ring (bicyclic) bond motifs is 1. The molecule has 0 atom stereocenters. The van der Waals surface area contributed by atoms with Gasteiger partial charge in [0.25, 0.3) is 5.78 Å². The van der Waals surface area contributed by atoms with E-state index < -0.39 is 0 Å². The highest BCUT2D eigenvalue weighted by molar-refractivity contribution is 6.30. The molecule has 0 radical (unpaired) electrons. The Morgan fingerprint density at radius 2 is 2.20 bits per heavy atom. The topological polar surface area (TPSA) is 52.3 Å². The zero-order valence-electron chi connectivity index (χ0n) is 8.73. The lowest BCUT2D eigenvalue weighted by molar-refractivity contribution is 0.224. The van der Waals surface area contributed by atoms with Crippen LogP contribution in [0.2, 0.25) is 5.15 Å². The van der Waals surface area contributed by atoms with Crippen LogP contribution in [0.5, 0.6) is 5.88 Å². The van der Waals surface area contributed by atoms with Crippen LogP contribution >= 0.6 is 11.6 Å². The Bertz CT molecular complexity index is 494. The molecule has 80 valence electrons. The number of nitrogens with zero attached hydrogens (tertiary/aromatic N) is 4. The van der Waals surface area contributed by atoms with Crippen LogP contribution in [-0.4, -0.2) is 25.7 Å². The molecule has 0 aliphatic carbocycles. The van der Waals surface area contributed by atoms with Crippen LogP contribution in [0.4, 0.5) is 0 Å². The van der Waals surface area contributed by atoms with Crippen LogP contribution in [0.15, 0.2) is 6.33 Å². The summed E-state index contributed by atoms with van der Waals surface area (Å²) in [5.41, 5.74) is 0.767. The first kappa shape index (κ1) is 10.2. The SMILES string of the molecule is Cc1c(Cl)nc2ncnn2c1OC(C)C. The Morgan fingerprint density at radius 3 is 2.87 bits per heavy atom. The maximum Gasteiger partial charge on any atom is 0.256 e. The highest BCUT2D eigenvalue weighted by Gasteiger charge is 2.14. The lowest BCUT2D eigenvalue weighted by atomic mass is 10.3. The van der Waals surface area contributed by atoms with Gasteiger partial charge in [0.15, 0.2) is 0 Å². The average molecular weight is 227 g/mol. The number of ether oxygens (including phenoxy) is 1. The molecular formula is C9H11ClN4O. The predicted molar refractivity (Wildman–Crippen MR) is 56.3 cm³/mol. The Hall–Kier alpha value is -1.36. The van der Waals surface area contributed by atoms with Crippen molar-refractivity contribution in [2.45, 2.75) is 26.9 Å². The molecule has 2 rings (SSSR count). The van der Waals surface area contributed by atoms with E-state index in [-0.39, 0.29) is 6.10 Å². The molecule has 0 saturated carbocycles. The maximum atomic E-state index is 5.96. The summed E-state index contributed by atoms with van der Waals surface area (Å²) in [7, 11) is 0. The summed E-state index contributed by atoms with van der Waals surface area (Å²) in [5, 5.41) is 4.43. The van der Waals surface area contributed by atoms with E-state index in [0.717, 1.165) is 5.56 Å². The molecule has 0 aromatic carbocycles. The van der Waals surface area contributed by atoms with Crippen molar-refractivity contribution in [3.8, 4) is 5.88 Å². The molecule has 6 heteroatoms. The zero-order chi connectivity index (χ0) is 11.0. The van der Waals surface area contributed by atoms with E-state index in [1.807, 2.05) is 20.8 Å². The summed E-state index contributed by atoms with van der Waals surface area (Å²) in [5.74, 6) is 1.04. The molecule has 0 saturated heterocycles. The van der Waals surface area contributed by atoms with Gasteiger partial charge in [-0.05, 0) is 20.8 Å². The van der Waals surface area contributed by atoms with E-state index in [4.69, 9.17) is 16.3 Å². The first-order valence-electron chi connectivity index (χ1n) is 4.62. The molecule has 0 aliphatic heterocycles. The third-order valence-electron chi connectivity index (χ3n) is 1.90. The van der Waals surface area contributed by atoms with Gasteiger partial charge in [-0.3, -0.25) is 0 Å². The van der Waals surface area contributed by atoms with Gasteiger partial charge in [-0.1, -0.05) is 11.6 Å². The fraction of sp³-hybridized carbons (Fsp3) is 0.444. The number of hydrogen-bond donors (Lipinski definition) is 0. The summed E-state index contributed by atoms with van der Waals surface area (Å²) < 4.78 is 7.18. The smallest absolute Gasteiger partial charge is 0.256 e. The van der Waals surface area contributed by atoms with Crippen LogP contribution in [0, 0.1) is 6.92 Å². The van der Waals surface area contributed by atoms with E-state index in [1.54, 1.807) is 4.52 Å². The number of rotatable bonds is 2. The number of hydrogen-bond acceptors (Lipinski definition) is 4. The molecule has 0 bridgehead atoms. The molecule has 0 amide bonds. The van der Waals surface area contributed by atoms with Crippen LogP contribution in [0.1, 0.15) is 19.4 Å². The molecule has 15 heavy (non-hydrogen) atoms. The summed E-state index contributed by atoms with van der Waals surface area (Å²) in [6, 6.07) is 0. The van der Waals surface area contributed by atoms with E-state index in [2.05, 4.69) is 15.1 Å². The summed E-state index contributed by atoms with van der Waals surface area (Å²) in [4.78, 5) is 8.04. The fourth-order valence-electron chi connectivity index (χ4n) is 1.24. The second-order valence-electron chi connectivity index (χ2n) is 3.47. The van der Waals surface area contributed by atoms with Crippen molar-refractivity contribution in [1.82, 2.24) is 19.6 Å². The third-order valence-corrected chi connectivity index (χ3v) is 2.27. The third kappa shape index (κ3) is 1.74. The van der Waals surface area contributed by atoms with Crippen LogP contribution < -0.4 is 4.74 Å². The maximum absolute atomic E-state index is 5.96. The Labute approximate surface area is 92.1 Å². The highest BCUT2D eigenvalue weighted by atomic mass is 35.5. The summed E-state index contributed by atoms with van der Waals surface area (Å²) in [6.07, 6.45) is 1.47. The minimum Gasteiger partial charge on any atom is -0.475 e. The van der Waals surface area contributed by atoms with Crippen molar-refractivity contribution in [2.75, 3.05) is 0 Å². The molecule has 2 aromatic heterocycles. The van der Waals surface area contributed by atoms with Gasteiger partial charge in [-0.2, -0.15) is 19.6 Å². The minimum atomic E-state index is 0.0505. The first-order chi connectivity index (χ1) is 7.09. The zero-order valence-corrected chi connectivity index (χ0v) is 9.49. The molecule has 0 unspecified atom stereocenters. The fourth-order valence-corrected chi connectivity index (χ4v) is 1.39. The molecule has 5 nitrogen and oxygen atoms in total. The molecule has 0 N–H and O–H groups in total. The molecule has 0 spiro atoms. The van der Waals surface area contributed by atoms with E-state index in [1.165, 1.54) is 6.33 Å². The number of halogens is 1. The van der Waals surface area contributed by atoms with Gasteiger partial charge >= 0.3 is 0 Å². The normalized spacial score (nSPS) is 11.3. The van der Waals surface area contributed by atoms with Crippen molar-refractivity contribution in [3.63, 3.8) is 0 Å². The molecule has 2 aromatic rings. The number of aromatic nitrogens is 4. The first-order valence-corrected chi connectivity index (χ1v) is 5.00. The van der Waals surface area contributed by atoms with E-state index >= 15 is 0 Å². The standard InChI is InChI=1S/C9H11ClN4O/c1-5(2)15-8-6(3)7(10)13-9-11-4-12-14(8)9/h4-5H,1-3H3. The summed E-state index contributed by atoms with van der Waals surface area (Å²) >= 11 is 5.96. The predicted octanol–water partition coefficient (Wildman–Crippen LogP) is 1.87. The largest absolute Gasteiger partial charge is 0.475 e. The van der Waals surface area contributed by atoms with Crippen molar-refractivity contribution in [3.05, 3.63) is 17.0 Å². The van der Waals surface area contributed by atoms with Crippen molar-refractivity contribution >= 4 is 17.4 Å². The van der Waals surface area contributed by atoms with Gasteiger partial charge in [0.2, 0.25) is 5.88 Å². The summed E-state index contributed by atoms with van der Waals surface area (Å²) in [6.45, 7) is 5.72. The van der Waals surface area contributed by atoms with Crippen LogP contribution in [0.3, 0.4) is 0 Å². The second-order valence-corrected chi connectivity index (χ2v) is 3.83. The van der Waals surface area contributed by atoms with Gasteiger partial charge in [0, 0.05) is 5.56 Å². The van der Waals surface area contributed by atoms with E-state index in [0.29, 0.717) is 16.8 Å². The average Bonchev–Trinajstić information content (AvgIpc) is 2.59. The van der Waals surface area contributed by atoms with Crippen LogP contribution in [-0.2, 0) is 0 Å². The Balaban J connectivity index is 2.66. The monoisotopic (exact) mass is 226 g/mol. The quantitative estimate of drug-likeness (QED) is 0.734. The molecule has 2 heterocycles. The highest BCUT2D eigenvalue weighted by Crippen LogP contribution is 2.24. The minimum absolute atomic E-state index is 0.0505. The molecule has 0 aliphatic rings. The van der Waals surface area contributed by atoms with Gasteiger partial charge in [0.05, 0.1) is 6.10 Å².